The first-order valence-electron chi connectivity index (χ1n) is 6.56. The van der Waals surface area contributed by atoms with Gasteiger partial charge in [-0.25, -0.2) is 4.79 Å². The molecule has 0 unspecified atom stereocenters. The van der Waals surface area contributed by atoms with Crippen molar-refractivity contribution in [2.45, 2.75) is 13.3 Å². The van der Waals surface area contributed by atoms with Crippen molar-refractivity contribution >= 4 is 40.8 Å². The van der Waals surface area contributed by atoms with E-state index in [0.717, 1.165) is 0 Å². The maximum atomic E-state index is 12.0. The summed E-state index contributed by atoms with van der Waals surface area (Å²) in [5, 5.41) is 3.37. The summed E-state index contributed by atoms with van der Waals surface area (Å²) in [5.74, 6) is -0.310. The van der Waals surface area contributed by atoms with Crippen LogP contribution in [0, 0.1) is 0 Å². The lowest BCUT2D eigenvalue weighted by molar-refractivity contribution is -0.115. The Balaban J connectivity index is 2.07. The molecule has 0 radical (unpaired) electrons. The van der Waals surface area contributed by atoms with Crippen molar-refractivity contribution in [3.63, 3.8) is 0 Å². The van der Waals surface area contributed by atoms with E-state index in [1.165, 1.54) is 12.1 Å². The maximum absolute atomic E-state index is 12.0. The van der Waals surface area contributed by atoms with Gasteiger partial charge in [0.1, 0.15) is 5.75 Å². The lowest BCUT2D eigenvalue weighted by Crippen LogP contribution is -2.10. The monoisotopic (exact) mass is 337 g/mol. The van der Waals surface area contributed by atoms with Crippen LogP contribution < -0.4 is 10.1 Å². The molecule has 0 aliphatic carbocycles. The molecule has 6 heteroatoms. The molecule has 114 valence electrons. The Morgan fingerprint density at radius 2 is 1.77 bits per heavy atom. The zero-order valence-corrected chi connectivity index (χ0v) is 13.2. The van der Waals surface area contributed by atoms with Crippen LogP contribution in [0.4, 0.5) is 5.69 Å². The van der Waals surface area contributed by atoms with Crippen molar-refractivity contribution in [1.29, 1.82) is 0 Å². The molecule has 0 aliphatic rings. The van der Waals surface area contributed by atoms with Crippen molar-refractivity contribution in [2.75, 3.05) is 5.32 Å². The van der Waals surface area contributed by atoms with E-state index in [-0.39, 0.29) is 16.5 Å². The summed E-state index contributed by atoms with van der Waals surface area (Å²) >= 11 is 11.7. The van der Waals surface area contributed by atoms with Crippen LogP contribution in [-0.2, 0) is 4.79 Å². The average molecular weight is 338 g/mol. The third-order valence-electron chi connectivity index (χ3n) is 2.82. The number of esters is 1. The molecule has 0 bridgehead atoms. The standard InChI is InChI=1S/C16H13Cl2NO3/c1-2-15(20)19-11-4-6-12(7-5-11)22-16(21)13-8-3-10(17)9-14(13)18/h3-9H,2H2,1H3,(H,19,20). The van der Waals surface area contributed by atoms with E-state index in [4.69, 9.17) is 27.9 Å². The van der Waals surface area contributed by atoms with Gasteiger partial charge in [-0.05, 0) is 42.5 Å². The molecule has 0 aliphatic heterocycles. The Kier molecular flexibility index (Phi) is 5.41. The van der Waals surface area contributed by atoms with E-state index in [9.17, 15) is 9.59 Å². The number of benzene rings is 2. The normalized spacial score (nSPS) is 10.1. The van der Waals surface area contributed by atoms with E-state index < -0.39 is 5.97 Å². The molecule has 1 N–H and O–H groups in total. The number of hydrogen-bond acceptors (Lipinski definition) is 3. The fourth-order valence-corrected chi connectivity index (χ4v) is 2.16. The van der Waals surface area contributed by atoms with Crippen LogP contribution >= 0.6 is 23.2 Å². The van der Waals surface area contributed by atoms with Gasteiger partial charge in [-0.15, -0.1) is 0 Å². The highest BCUT2D eigenvalue weighted by Crippen LogP contribution is 2.23. The van der Waals surface area contributed by atoms with Gasteiger partial charge in [0, 0.05) is 17.1 Å². The first-order valence-corrected chi connectivity index (χ1v) is 7.32. The Hall–Kier alpha value is -2.04. The second kappa shape index (κ2) is 7.29. The van der Waals surface area contributed by atoms with Gasteiger partial charge in [0.2, 0.25) is 5.91 Å². The van der Waals surface area contributed by atoms with Crippen LogP contribution in [0.2, 0.25) is 10.0 Å². The summed E-state index contributed by atoms with van der Waals surface area (Å²) in [5.41, 5.74) is 0.866. The molecule has 0 spiro atoms. The predicted molar refractivity (Wildman–Crippen MR) is 86.8 cm³/mol. The lowest BCUT2D eigenvalue weighted by atomic mass is 10.2. The van der Waals surface area contributed by atoms with E-state index in [1.807, 2.05) is 0 Å². The first-order chi connectivity index (χ1) is 10.5. The summed E-state index contributed by atoms with van der Waals surface area (Å²) in [6.07, 6.45) is 0.395. The molecule has 0 saturated heterocycles. The minimum absolute atomic E-state index is 0.0855. The Bertz CT molecular complexity index is 699. The van der Waals surface area contributed by atoms with Crippen LogP contribution in [0.25, 0.3) is 0 Å². The lowest BCUT2D eigenvalue weighted by Gasteiger charge is -2.08. The Morgan fingerprint density at radius 3 is 2.36 bits per heavy atom. The van der Waals surface area contributed by atoms with Crippen LogP contribution in [0.3, 0.4) is 0 Å². The Labute approximate surface area is 138 Å². The molecule has 4 nitrogen and oxygen atoms in total. The van der Waals surface area contributed by atoms with Crippen molar-refractivity contribution in [3.05, 3.63) is 58.1 Å². The predicted octanol–water partition coefficient (Wildman–Crippen LogP) is 4.56. The van der Waals surface area contributed by atoms with Crippen molar-refractivity contribution < 1.29 is 14.3 Å². The van der Waals surface area contributed by atoms with Crippen LogP contribution in [0.5, 0.6) is 5.75 Å². The number of carbonyl (C=O) groups excluding carboxylic acids is 2. The zero-order valence-electron chi connectivity index (χ0n) is 11.7. The largest absolute Gasteiger partial charge is 0.423 e. The minimum Gasteiger partial charge on any atom is -0.423 e. The van der Waals surface area contributed by atoms with Crippen LogP contribution in [0.15, 0.2) is 42.5 Å². The number of ether oxygens (including phenoxy) is 1. The van der Waals surface area contributed by atoms with Crippen LogP contribution in [0.1, 0.15) is 23.7 Å². The van der Waals surface area contributed by atoms with Gasteiger partial charge >= 0.3 is 5.97 Å². The third kappa shape index (κ3) is 4.23. The highest BCUT2D eigenvalue weighted by molar-refractivity contribution is 6.36. The van der Waals surface area contributed by atoms with Gasteiger partial charge < -0.3 is 10.1 Å². The molecule has 0 atom stereocenters. The molecule has 2 aromatic rings. The summed E-state index contributed by atoms with van der Waals surface area (Å²) in [4.78, 5) is 23.3. The van der Waals surface area contributed by atoms with Crippen molar-refractivity contribution in [1.82, 2.24) is 0 Å². The van der Waals surface area contributed by atoms with E-state index in [1.54, 1.807) is 37.3 Å². The molecule has 2 rings (SSSR count). The van der Waals surface area contributed by atoms with Gasteiger partial charge in [0.15, 0.2) is 0 Å². The highest BCUT2D eigenvalue weighted by atomic mass is 35.5. The zero-order chi connectivity index (χ0) is 16.1. The van der Waals surface area contributed by atoms with Gasteiger partial charge in [-0.3, -0.25) is 4.79 Å². The third-order valence-corrected chi connectivity index (χ3v) is 3.37. The van der Waals surface area contributed by atoms with Gasteiger partial charge in [0.25, 0.3) is 0 Å². The number of rotatable bonds is 4. The summed E-state index contributed by atoms with van der Waals surface area (Å²) in [6.45, 7) is 1.77. The van der Waals surface area contributed by atoms with Gasteiger partial charge in [-0.2, -0.15) is 0 Å². The fraction of sp³-hybridized carbons (Fsp3) is 0.125. The topological polar surface area (TPSA) is 55.4 Å². The number of nitrogens with one attached hydrogen (secondary N) is 1. The number of amides is 1. The highest BCUT2D eigenvalue weighted by Gasteiger charge is 2.13. The molecule has 0 saturated carbocycles. The summed E-state index contributed by atoms with van der Waals surface area (Å²) in [6, 6.07) is 11.0. The summed E-state index contributed by atoms with van der Waals surface area (Å²) in [7, 11) is 0. The number of hydrogen-bond donors (Lipinski definition) is 1. The van der Waals surface area contributed by atoms with Gasteiger partial charge in [0.05, 0.1) is 10.6 Å². The molecule has 22 heavy (non-hydrogen) atoms. The van der Waals surface area contributed by atoms with Crippen LogP contribution in [-0.4, -0.2) is 11.9 Å². The molecular formula is C16H13Cl2NO3. The number of halogens is 2. The smallest absolute Gasteiger partial charge is 0.345 e. The maximum Gasteiger partial charge on any atom is 0.345 e. The molecular weight excluding hydrogens is 325 g/mol. The Morgan fingerprint density at radius 1 is 1.09 bits per heavy atom. The van der Waals surface area contributed by atoms with E-state index in [0.29, 0.717) is 22.9 Å². The SMILES string of the molecule is CCC(=O)Nc1ccc(OC(=O)c2ccc(Cl)cc2Cl)cc1. The second-order valence-corrected chi connectivity index (χ2v) is 5.28. The van der Waals surface area contributed by atoms with Gasteiger partial charge in [-0.1, -0.05) is 30.1 Å². The molecule has 0 aromatic heterocycles. The summed E-state index contributed by atoms with van der Waals surface area (Å²) < 4.78 is 5.23. The molecule has 0 fully saturated rings. The number of carbonyl (C=O) groups is 2. The van der Waals surface area contributed by atoms with E-state index in [2.05, 4.69) is 5.32 Å². The minimum atomic E-state index is -0.577. The fourth-order valence-electron chi connectivity index (χ4n) is 1.67. The molecule has 1 amide bonds. The first kappa shape index (κ1) is 16.3. The average Bonchev–Trinajstić information content (AvgIpc) is 2.49. The second-order valence-electron chi connectivity index (χ2n) is 4.44. The van der Waals surface area contributed by atoms with Crippen molar-refractivity contribution in [3.8, 4) is 5.75 Å². The quantitative estimate of drug-likeness (QED) is 0.657. The number of anilines is 1. The van der Waals surface area contributed by atoms with E-state index >= 15 is 0 Å². The van der Waals surface area contributed by atoms with Crippen molar-refractivity contribution in [2.24, 2.45) is 0 Å². The molecule has 2 aromatic carbocycles. The molecule has 0 heterocycles.